The van der Waals surface area contributed by atoms with E-state index >= 15 is 0 Å². The normalized spacial score (nSPS) is 11.4. The number of rotatable bonds is 3. The lowest BCUT2D eigenvalue weighted by molar-refractivity contribution is 0.594. The molecule has 3 N–H and O–H groups in total. The van der Waals surface area contributed by atoms with E-state index in [9.17, 15) is 17.2 Å². The van der Waals surface area contributed by atoms with Crippen molar-refractivity contribution in [1.29, 1.82) is 0 Å². The first-order chi connectivity index (χ1) is 9.70. The summed E-state index contributed by atoms with van der Waals surface area (Å²) >= 11 is 11.5. The number of nitrogen functional groups attached to an aromatic ring is 1. The molecule has 2 aromatic rings. The molecule has 112 valence electrons. The Kier molecular flexibility index (Phi) is 4.27. The summed E-state index contributed by atoms with van der Waals surface area (Å²) in [5.74, 6) is -1.74. The molecule has 0 fully saturated rings. The molecular formula is C12H8Cl2F2N2O2S. The maximum atomic E-state index is 13.5. The highest BCUT2D eigenvalue weighted by Crippen LogP contribution is 2.32. The summed E-state index contributed by atoms with van der Waals surface area (Å²) in [5, 5.41) is -0.0855. The Bertz CT molecular complexity index is 790. The molecule has 0 aliphatic carbocycles. The Hall–Kier alpha value is -1.57. The number of hydrogen-bond donors (Lipinski definition) is 2. The van der Waals surface area contributed by atoms with Crippen molar-refractivity contribution in [1.82, 2.24) is 0 Å². The van der Waals surface area contributed by atoms with Crippen LogP contribution in [0.1, 0.15) is 0 Å². The van der Waals surface area contributed by atoms with Crippen LogP contribution in [0.3, 0.4) is 0 Å². The topological polar surface area (TPSA) is 72.2 Å². The van der Waals surface area contributed by atoms with Crippen LogP contribution in [0.15, 0.2) is 35.2 Å². The van der Waals surface area contributed by atoms with Crippen molar-refractivity contribution in [2.45, 2.75) is 4.90 Å². The van der Waals surface area contributed by atoms with Crippen LogP contribution in [-0.4, -0.2) is 8.42 Å². The van der Waals surface area contributed by atoms with Gasteiger partial charge >= 0.3 is 0 Å². The van der Waals surface area contributed by atoms with Crippen LogP contribution in [0.25, 0.3) is 0 Å². The average molecular weight is 353 g/mol. The number of anilines is 2. The van der Waals surface area contributed by atoms with Gasteiger partial charge in [-0.1, -0.05) is 23.2 Å². The zero-order valence-electron chi connectivity index (χ0n) is 10.2. The zero-order chi connectivity index (χ0) is 15.8. The van der Waals surface area contributed by atoms with E-state index in [0.717, 1.165) is 12.1 Å². The van der Waals surface area contributed by atoms with E-state index in [1.54, 1.807) is 0 Å². The first-order valence-corrected chi connectivity index (χ1v) is 7.67. The van der Waals surface area contributed by atoms with Crippen molar-refractivity contribution in [3.63, 3.8) is 0 Å². The second kappa shape index (κ2) is 5.67. The van der Waals surface area contributed by atoms with E-state index in [4.69, 9.17) is 28.9 Å². The van der Waals surface area contributed by atoms with Crippen molar-refractivity contribution in [3.8, 4) is 0 Å². The van der Waals surface area contributed by atoms with Gasteiger partial charge in [-0.15, -0.1) is 0 Å². The van der Waals surface area contributed by atoms with Gasteiger partial charge in [0.05, 0.1) is 16.4 Å². The summed E-state index contributed by atoms with van der Waals surface area (Å²) in [4.78, 5) is -0.461. The predicted molar refractivity (Wildman–Crippen MR) is 78.0 cm³/mol. The first-order valence-electron chi connectivity index (χ1n) is 5.43. The van der Waals surface area contributed by atoms with E-state index in [-0.39, 0.29) is 15.7 Å². The second-order valence-electron chi connectivity index (χ2n) is 4.04. The maximum absolute atomic E-state index is 13.5. The molecule has 0 saturated carbocycles. The van der Waals surface area contributed by atoms with Gasteiger partial charge in [0.25, 0.3) is 10.0 Å². The average Bonchev–Trinajstić information content (AvgIpc) is 2.31. The highest BCUT2D eigenvalue weighted by atomic mass is 35.5. The molecule has 0 saturated heterocycles. The van der Waals surface area contributed by atoms with Crippen LogP contribution in [0, 0.1) is 11.6 Å². The van der Waals surface area contributed by atoms with Crippen LogP contribution in [0.4, 0.5) is 20.2 Å². The van der Waals surface area contributed by atoms with Crippen LogP contribution in [0.5, 0.6) is 0 Å². The van der Waals surface area contributed by atoms with Crippen LogP contribution in [-0.2, 0) is 10.0 Å². The van der Waals surface area contributed by atoms with E-state index < -0.39 is 32.2 Å². The van der Waals surface area contributed by atoms with Crippen LogP contribution in [0.2, 0.25) is 10.0 Å². The molecule has 2 rings (SSSR count). The molecule has 0 radical (unpaired) electrons. The van der Waals surface area contributed by atoms with Gasteiger partial charge in [-0.2, -0.15) is 0 Å². The fourth-order valence-electron chi connectivity index (χ4n) is 1.64. The Morgan fingerprint density at radius 1 is 1.10 bits per heavy atom. The molecule has 0 aromatic heterocycles. The SMILES string of the molecule is Nc1cc(Cl)cc(Cl)c1S(=O)(=O)Nc1cc(F)ccc1F. The predicted octanol–water partition coefficient (Wildman–Crippen LogP) is 3.65. The van der Waals surface area contributed by atoms with Gasteiger partial charge in [0.2, 0.25) is 0 Å². The summed E-state index contributed by atoms with van der Waals surface area (Å²) in [6.45, 7) is 0. The molecule has 9 heteroatoms. The minimum absolute atomic E-state index is 0.147. The second-order valence-corrected chi connectivity index (χ2v) is 6.50. The Labute approximate surface area is 129 Å². The summed E-state index contributed by atoms with van der Waals surface area (Å²) in [6, 6.07) is 4.71. The zero-order valence-corrected chi connectivity index (χ0v) is 12.5. The molecule has 0 aliphatic rings. The maximum Gasteiger partial charge on any atom is 0.265 e. The lowest BCUT2D eigenvalue weighted by atomic mass is 10.3. The highest BCUT2D eigenvalue weighted by molar-refractivity contribution is 7.93. The molecule has 21 heavy (non-hydrogen) atoms. The lowest BCUT2D eigenvalue weighted by Gasteiger charge is -2.12. The third kappa shape index (κ3) is 3.37. The van der Waals surface area contributed by atoms with Crippen molar-refractivity contribution in [2.24, 2.45) is 0 Å². The summed E-state index contributed by atoms with van der Waals surface area (Å²) in [5.41, 5.74) is 4.81. The largest absolute Gasteiger partial charge is 0.398 e. The van der Waals surface area contributed by atoms with Gasteiger partial charge in [0.15, 0.2) is 0 Å². The monoisotopic (exact) mass is 352 g/mol. The molecular weight excluding hydrogens is 345 g/mol. The molecule has 0 bridgehead atoms. The summed E-state index contributed by atoms with van der Waals surface area (Å²) in [6.07, 6.45) is 0. The van der Waals surface area contributed by atoms with Gasteiger partial charge in [0.1, 0.15) is 16.5 Å². The molecule has 0 amide bonds. The third-order valence-electron chi connectivity index (χ3n) is 2.48. The molecule has 0 unspecified atom stereocenters. The van der Waals surface area contributed by atoms with Gasteiger partial charge in [0, 0.05) is 11.1 Å². The van der Waals surface area contributed by atoms with Gasteiger partial charge in [-0.05, 0) is 24.3 Å². The molecule has 0 heterocycles. The number of nitrogens with one attached hydrogen (secondary N) is 1. The third-order valence-corrected chi connectivity index (χ3v) is 4.59. The fourth-order valence-corrected chi connectivity index (χ4v) is 3.68. The highest BCUT2D eigenvalue weighted by Gasteiger charge is 2.23. The lowest BCUT2D eigenvalue weighted by Crippen LogP contribution is -2.16. The summed E-state index contributed by atoms with van der Waals surface area (Å²) < 4.78 is 52.9. The van der Waals surface area contributed by atoms with Gasteiger partial charge < -0.3 is 5.73 Å². The molecule has 0 spiro atoms. The number of sulfonamides is 1. The number of halogens is 4. The minimum atomic E-state index is -4.30. The van der Waals surface area contributed by atoms with Crippen LogP contribution < -0.4 is 10.5 Å². The molecule has 4 nitrogen and oxygen atoms in total. The molecule has 0 aliphatic heterocycles. The van der Waals surface area contributed by atoms with Gasteiger partial charge in [-0.25, -0.2) is 17.2 Å². The van der Waals surface area contributed by atoms with Gasteiger partial charge in [-0.3, -0.25) is 4.72 Å². The first kappa shape index (κ1) is 15.8. The van der Waals surface area contributed by atoms with E-state index in [0.29, 0.717) is 6.07 Å². The van der Waals surface area contributed by atoms with E-state index in [1.807, 2.05) is 4.72 Å². The number of benzene rings is 2. The number of hydrogen-bond acceptors (Lipinski definition) is 3. The van der Waals surface area contributed by atoms with E-state index in [1.165, 1.54) is 12.1 Å². The van der Waals surface area contributed by atoms with Crippen molar-refractivity contribution >= 4 is 44.6 Å². The van der Waals surface area contributed by atoms with E-state index in [2.05, 4.69) is 0 Å². The smallest absolute Gasteiger partial charge is 0.265 e. The van der Waals surface area contributed by atoms with Crippen molar-refractivity contribution in [3.05, 3.63) is 52.0 Å². The Balaban J connectivity index is 2.51. The quantitative estimate of drug-likeness (QED) is 0.828. The molecule has 0 atom stereocenters. The fraction of sp³-hybridized carbons (Fsp3) is 0. The Morgan fingerprint density at radius 2 is 1.76 bits per heavy atom. The van der Waals surface area contributed by atoms with Crippen molar-refractivity contribution < 1.29 is 17.2 Å². The number of nitrogens with two attached hydrogens (primary N) is 1. The van der Waals surface area contributed by atoms with Crippen LogP contribution >= 0.6 is 23.2 Å². The standard InChI is InChI=1S/C12H8Cl2F2N2O2S/c13-6-3-8(14)12(10(17)4-6)21(19,20)18-11-5-7(15)1-2-9(11)16/h1-5,18H,17H2. The molecule has 2 aromatic carbocycles. The minimum Gasteiger partial charge on any atom is -0.398 e. The van der Waals surface area contributed by atoms with Crippen molar-refractivity contribution in [2.75, 3.05) is 10.5 Å². The summed E-state index contributed by atoms with van der Waals surface area (Å²) in [7, 11) is -4.30. The Morgan fingerprint density at radius 3 is 2.38 bits per heavy atom.